The van der Waals surface area contributed by atoms with Gasteiger partial charge in [-0.1, -0.05) is 18.2 Å². The number of carbonyl (C=O) groups is 1. The van der Waals surface area contributed by atoms with E-state index in [4.69, 9.17) is 14.2 Å². The first-order valence-electron chi connectivity index (χ1n) is 8.96. The zero-order chi connectivity index (χ0) is 18.6. The number of imidazole rings is 1. The highest BCUT2D eigenvalue weighted by atomic mass is 16.6. The van der Waals surface area contributed by atoms with Gasteiger partial charge < -0.3 is 24.1 Å². The van der Waals surface area contributed by atoms with Gasteiger partial charge in [-0.05, 0) is 13.0 Å². The number of hydrogen-bond acceptors (Lipinski definition) is 5. The summed E-state index contributed by atoms with van der Waals surface area (Å²) in [6, 6.07) is 11.4. The van der Waals surface area contributed by atoms with E-state index in [0.29, 0.717) is 37.9 Å². The molecule has 2 heterocycles. The Morgan fingerprint density at radius 1 is 1.22 bits per heavy atom. The fraction of sp³-hybridized carbons (Fsp3) is 0.300. The van der Waals surface area contributed by atoms with Crippen LogP contribution in [0.3, 0.4) is 0 Å². The Labute approximate surface area is 156 Å². The molecule has 0 bridgehead atoms. The number of carbonyl (C=O) groups excluding carboxylic acids is 1. The predicted molar refractivity (Wildman–Crippen MR) is 100 cm³/mol. The first-order valence-corrected chi connectivity index (χ1v) is 8.96. The van der Waals surface area contributed by atoms with Gasteiger partial charge in [0.25, 0.3) is 0 Å². The minimum atomic E-state index is -0.101. The molecule has 0 aliphatic carbocycles. The molecule has 7 nitrogen and oxygen atoms in total. The van der Waals surface area contributed by atoms with Crippen LogP contribution in [0.5, 0.6) is 17.2 Å². The second kappa shape index (κ2) is 7.57. The quantitative estimate of drug-likeness (QED) is 0.725. The monoisotopic (exact) mass is 367 g/mol. The number of rotatable bonds is 6. The summed E-state index contributed by atoms with van der Waals surface area (Å²) < 4.78 is 18.6. The fourth-order valence-corrected chi connectivity index (χ4v) is 3.07. The highest BCUT2D eigenvalue weighted by Gasteiger charge is 2.16. The minimum Gasteiger partial charge on any atom is -0.494 e. The molecule has 2 aromatic carbocycles. The molecular formula is C20H21N3O4. The minimum absolute atomic E-state index is 0.101. The molecule has 140 valence electrons. The third-order valence-electron chi connectivity index (χ3n) is 4.35. The summed E-state index contributed by atoms with van der Waals surface area (Å²) >= 11 is 0. The maximum absolute atomic E-state index is 12.4. The lowest BCUT2D eigenvalue weighted by molar-refractivity contribution is -0.121. The van der Waals surface area contributed by atoms with Crippen LogP contribution in [-0.4, -0.2) is 35.3 Å². The number of nitrogens with one attached hydrogen (secondary N) is 1. The van der Waals surface area contributed by atoms with Gasteiger partial charge in [-0.15, -0.1) is 0 Å². The first-order chi connectivity index (χ1) is 13.2. The van der Waals surface area contributed by atoms with Crippen LogP contribution in [0.1, 0.15) is 12.5 Å². The molecule has 0 spiro atoms. The van der Waals surface area contributed by atoms with Crippen molar-refractivity contribution in [2.24, 2.45) is 0 Å². The molecule has 3 aromatic rings. The topological polar surface area (TPSA) is 74.6 Å². The number of aromatic nitrogens is 2. The van der Waals surface area contributed by atoms with Crippen LogP contribution in [0, 0.1) is 0 Å². The van der Waals surface area contributed by atoms with Crippen molar-refractivity contribution in [1.82, 2.24) is 14.9 Å². The fourth-order valence-electron chi connectivity index (χ4n) is 3.07. The number of nitrogens with zero attached hydrogens (tertiary/aromatic N) is 2. The smallest absolute Gasteiger partial charge is 0.240 e. The van der Waals surface area contributed by atoms with E-state index in [0.717, 1.165) is 22.3 Å². The molecule has 1 aliphatic rings. The number of ether oxygens (including phenoxy) is 3. The van der Waals surface area contributed by atoms with Crippen LogP contribution >= 0.6 is 0 Å². The number of fused-ring (bicyclic) bond motifs is 2. The van der Waals surface area contributed by atoms with Crippen LogP contribution in [-0.2, 0) is 17.9 Å². The highest BCUT2D eigenvalue weighted by molar-refractivity contribution is 5.83. The van der Waals surface area contributed by atoms with Gasteiger partial charge in [-0.25, -0.2) is 4.98 Å². The summed E-state index contributed by atoms with van der Waals surface area (Å²) in [5.41, 5.74) is 2.56. The van der Waals surface area contributed by atoms with Crippen LogP contribution in [0.15, 0.2) is 42.7 Å². The lowest BCUT2D eigenvalue weighted by Crippen LogP contribution is -2.27. The zero-order valence-corrected chi connectivity index (χ0v) is 15.1. The van der Waals surface area contributed by atoms with Gasteiger partial charge in [0.05, 0.1) is 24.0 Å². The van der Waals surface area contributed by atoms with Crippen LogP contribution in [0.4, 0.5) is 0 Å². The molecule has 0 fully saturated rings. The maximum Gasteiger partial charge on any atom is 0.240 e. The van der Waals surface area contributed by atoms with Crippen molar-refractivity contribution in [3.8, 4) is 17.2 Å². The average molecular weight is 367 g/mol. The van der Waals surface area contributed by atoms with Crippen molar-refractivity contribution in [3.05, 3.63) is 48.3 Å². The molecular weight excluding hydrogens is 346 g/mol. The largest absolute Gasteiger partial charge is 0.494 e. The molecule has 0 saturated heterocycles. The number of amides is 1. The second-order valence-corrected chi connectivity index (χ2v) is 6.17. The van der Waals surface area contributed by atoms with Crippen molar-refractivity contribution in [2.75, 3.05) is 19.8 Å². The molecule has 27 heavy (non-hydrogen) atoms. The molecule has 0 atom stereocenters. The Bertz CT molecular complexity index is 967. The van der Waals surface area contributed by atoms with Crippen molar-refractivity contribution in [1.29, 1.82) is 0 Å². The molecule has 0 radical (unpaired) electrons. The third-order valence-corrected chi connectivity index (χ3v) is 4.35. The second-order valence-electron chi connectivity index (χ2n) is 6.17. The molecule has 7 heteroatoms. The van der Waals surface area contributed by atoms with Gasteiger partial charge >= 0.3 is 0 Å². The van der Waals surface area contributed by atoms with E-state index in [1.165, 1.54) is 0 Å². The molecule has 1 aromatic heterocycles. The third kappa shape index (κ3) is 3.67. The molecule has 0 unspecified atom stereocenters. The summed E-state index contributed by atoms with van der Waals surface area (Å²) in [6.45, 7) is 4.16. The lowest BCUT2D eigenvalue weighted by Gasteiger charge is -2.18. The van der Waals surface area contributed by atoms with E-state index in [9.17, 15) is 4.79 Å². The molecule has 1 N–H and O–H groups in total. The SMILES string of the molecule is CCOc1ccccc1CNC(=O)Cn1cnc2cc3c(cc21)OCCO3. The highest BCUT2D eigenvalue weighted by Crippen LogP contribution is 2.34. The molecule has 0 saturated carbocycles. The van der Waals surface area contributed by atoms with E-state index in [2.05, 4.69) is 10.3 Å². The lowest BCUT2D eigenvalue weighted by atomic mass is 10.2. The predicted octanol–water partition coefficient (Wildman–Crippen LogP) is 2.52. The van der Waals surface area contributed by atoms with Gasteiger partial charge in [0.1, 0.15) is 25.5 Å². The summed E-state index contributed by atoms with van der Waals surface area (Å²) in [5.74, 6) is 2.06. The molecule has 1 aliphatic heterocycles. The number of hydrogen-bond donors (Lipinski definition) is 1. The molecule has 1 amide bonds. The van der Waals surface area contributed by atoms with Gasteiger partial charge in [0.15, 0.2) is 11.5 Å². The molecule has 4 rings (SSSR count). The van der Waals surface area contributed by atoms with Gasteiger partial charge in [0.2, 0.25) is 5.91 Å². The van der Waals surface area contributed by atoms with Crippen molar-refractivity contribution in [3.63, 3.8) is 0 Å². The van der Waals surface area contributed by atoms with Gasteiger partial charge in [-0.3, -0.25) is 4.79 Å². The number of para-hydroxylation sites is 1. The summed E-state index contributed by atoms with van der Waals surface area (Å²) in [5, 5.41) is 2.94. The van der Waals surface area contributed by atoms with Crippen LogP contribution in [0.2, 0.25) is 0 Å². The number of benzene rings is 2. The Morgan fingerprint density at radius 3 is 2.81 bits per heavy atom. The van der Waals surface area contributed by atoms with Crippen molar-refractivity contribution < 1.29 is 19.0 Å². The Morgan fingerprint density at radius 2 is 2.00 bits per heavy atom. The zero-order valence-electron chi connectivity index (χ0n) is 15.1. The Balaban J connectivity index is 1.45. The van der Waals surface area contributed by atoms with E-state index >= 15 is 0 Å². The maximum atomic E-state index is 12.4. The standard InChI is InChI=1S/C20H21N3O4/c1-2-25-17-6-4-3-5-14(17)11-21-20(24)12-23-13-22-15-9-18-19(10-16(15)23)27-8-7-26-18/h3-6,9-10,13H,2,7-8,11-12H2,1H3,(H,21,24). The first kappa shape index (κ1) is 17.2. The van der Waals surface area contributed by atoms with Crippen LogP contribution in [0.25, 0.3) is 11.0 Å². The average Bonchev–Trinajstić information content (AvgIpc) is 3.07. The van der Waals surface area contributed by atoms with E-state index in [-0.39, 0.29) is 12.5 Å². The van der Waals surface area contributed by atoms with Crippen LogP contribution < -0.4 is 19.5 Å². The summed E-state index contributed by atoms with van der Waals surface area (Å²) in [6.07, 6.45) is 1.66. The van der Waals surface area contributed by atoms with Crippen molar-refractivity contribution in [2.45, 2.75) is 20.0 Å². The van der Waals surface area contributed by atoms with E-state index < -0.39 is 0 Å². The van der Waals surface area contributed by atoms with Gasteiger partial charge in [-0.2, -0.15) is 0 Å². The Kier molecular flexibility index (Phi) is 4.82. The summed E-state index contributed by atoms with van der Waals surface area (Å²) in [4.78, 5) is 16.8. The van der Waals surface area contributed by atoms with E-state index in [1.54, 1.807) is 10.9 Å². The van der Waals surface area contributed by atoms with Gasteiger partial charge in [0, 0.05) is 24.2 Å². The Hall–Kier alpha value is -3.22. The van der Waals surface area contributed by atoms with E-state index in [1.807, 2.05) is 43.3 Å². The summed E-state index contributed by atoms with van der Waals surface area (Å²) in [7, 11) is 0. The normalized spacial score (nSPS) is 12.8. The van der Waals surface area contributed by atoms with Crippen molar-refractivity contribution >= 4 is 16.9 Å².